The van der Waals surface area contributed by atoms with Crippen LogP contribution in [0.25, 0.3) is 0 Å². The first-order chi connectivity index (χ1) is 13.1. The van der Waals surface area contributed by atoms with Gasteiger partial charge in [0.25, 0.3) is 0 Å². The van der Waals surface area contributed by atoms with Crippen LogP contribution in [0.5, 0.6) is 0 Å². The van der Waals surface area contributed by atoms with Crippen molar-refractivity contribution in [2.75, 3.05) is 25.0 Å². The van der Waals surface area contributed by atoms with Crippen LogP contribution < -0.4 is 10.2 Å². The van der Waals surface area contributed by atoms with Crippen molar-refractivity contribution in [2.24, 2.45) is 5.92 Å². The molecule has 3 aliphatic heterocycles. The summed E-state index contributed by atoms with van der Waals surface area (Å²) in [5.41, 5.74) is 0.491. The highest BCUT2D eigenvalue weighted by Gasteiger charge is 2.42. The lowest BCUT2D eigenvalue weighted by atomic mass is 9.90. The summed E-state index contributed by atoms with van der Waals surface area (Å²) in [4.78, 5) is 21.4. The van der Waals surface area contributed by atoms with E-state index in [1.807, 2.05) is 7.05 Å². The van der Waals surface area contributed by atoms with E-state index in [0.717, 1.165) is 57.4 Å². The van der Waals surface area contributed by atoms with Crippen molar-refractivity contribution in [1.29, 1.82) is 5.26 Å². The number of nitriles is 1. The molecule has 6 nitrogen and oxygen atoms in total. The molecule has 1 aromatic heterocycles. The zero-order valence-electron chi connectivity index (χ0n) is 15.7. The van der Waals surface area contributed by atoms with Crippen LogP contribution in [0.1, 0.15) is 44.1 Å². The third-order valence-corrected chi connectivity index (χ3v) is 6.69. The number of hydrogen-bond acceptors (Lipinski definition) is 5. The molecule has 1 unspecified atom stereocenters. The summed E-state index contributed by atoms with van der Waals surface area (Å²) in [6, 6.07) is 4.66. The van der Waals surface area contributed by atoms with Gasteiger partial charge in [0.05, 0.1) is 16.6 Å². The van der Waals surface area contributed by atoms with Crippen LogP contribution in [-0.2, 0) is 4.79 Å². The topological polar surface area (TPSA) is 72.3 Å². The number of fused-ring (bicyclic) bond motifs is 2. The van der Waals surface area contributed by atoms with Crippen LogP contribution >= 0.6 is 11.6 Å². The minimum absolute atomic E-state index is 0.0449. The number of likely N-dealkylation sites (tertiary alicyclic amines) is 1. The van der Waals surface area contributed by atoms with E-state index in [9.17, 15) is 4.79 Å². The third kappa shape index (κ3) is 3.63. The fraction of sp³-hybridized carbons (Fsp3) is 0.650. The largest absolute Gasteiger partial charge is 0.354 e. The molecule has 1 aromatic rings. The molecule has 0 aliphatic carbocycles. The van der Waals surface area contributed by atoms with Crippen LogP contribution in [0.2, 0.25) is 5.02 Å². The Bertz CT molecular complexity index is 749. The van der Waals surface area contributed by atoms with Gasteiger partial charge >= 0.3 is 0 Å². The molecule has 27 heavy (non-hydrogen) atoms. The molecule has 3 aliphatic rings. The zero-order chi connectivity index (χ0) is 19.0. The molecule has 3 saturated heterocycles. The minimum Gasteiger partial charge on any atom is -0.354 e. The summed E-state index contributed by atoms with van der Waals surface area (Å²) in [6.45, 7) is 1.78. The normalized spacial score (nSPS) is 30.3. The Hall–Kier alpha value is -1.84. The van der Waals surface area contributed by atoms with E-state index in [2.05, 4.69) is 26.2 Å². The average Bonchev–Trinajstić information content (AvgIpc) is 3.20. The van der Waals surface area contributed by atoms with Gasteiger partial charge in [0.15, 0.2) is 0 Å². The monoisotopic (exact) mass is 387 g/mol. The fourth-order valence-electron chi connectivity index (χ4n) is 5.09. The zero-order valence-corrected chi connectivity index (χ0v) is 16.5. The van der Waals surface area contributed by atoms with Crippen molar-refractivity contribution in [2.45, 2.75) is 56.7 Å². The first kappa shape index (κ1) is 18.5. The number of carbonyl (C=O) groups excluding carboxylic acids is 1. The number of amides is 1. The number of aromatic nitrogens is 1. The molecule has 0 spiro atoms. The molecule has 2 bridgehead atoms. The number of halogens is 1. The number of rotatable bonds is 4. The summed E-state index contributed by atoms with van der Waals surface area (Å²) in [6.07, 6.45) is 8.05. The number of hydrogen-bond donors (Lipinski definition) is 1. The van der Waals surface area contributed by atoms with Gasteiger partial charge in [-0.05, 0) is 64.1 Å². The Morgan fingerprint density at radius 3 is 2.70 bits per heavy atom. The molecule has 144 valence electrons. The van der Waals surface area contributed by atoms with Gasteiger partial charge in [0.2, 0.25) is 5.91 Å². The number of carbonyl (C=O) groups is 1. The van der Waals surface area contributed by atoms with E-state index in [4.69, 9.17) is 16.9 Å². The molecular formula is C20H26ClN5O. The summed E-state index contributed by atoms with van der Waals surface area (Å²) in [5, 5.41) is 12.8. The molecule has 1 N–H and O–H groups in total. The quantitative estimate of drug-likeness (QED) is 0.859. The first-order valence-electron chi connectivity index (χ1n) is 9.88. The second-order valence-corrected chi connectivity index (χ2v) is 8.56. The summed E-state index contributed by atoms with van der Waals surface area (Å²) >= 11 is 6.41. The van der Waals surface area contributed by atoms with E-state index in [0.29, 0.717) is 28.6 Å². The van der Waals surface area contributed by atoms with Crippen LogP contribution in [0.3, 0.4) is 0 Å². The number of nitrogens with zero attached hydrogens (tertiary/aromatic N) is 4. The van der Waals surface area contributed by atoms with Gasteiger partial charge in [-0.1, -0.05) is 11.6 Å². The number of nitrogens with one attached hydrogen (secondary N) is 1. The van der Waals surface area contributed by atoms with Crippen molar-refractivity contribution in [3.8, 4) is 6.07 Å². The van der Waals surface area contributed by atoms with E-state index >= 15 is 0 Å². The highest BCUT2D eigenvalue weighted by molar-refractivity contribution is 6.33. The lowest BCUT2D eigenvalue weighted by Crippen LogP contribution is -2.48. The Morgan fingerprint density at radius 1 is 1.37 bits per heavy atom. The van der Waals surface area contributed by atoms with Crippen LogP contribution in [0.15, 0.2) is 12.3 Å². The lowest BCUT2D eigenvalue weighted by Gasteiger charge is -2.40. The molecule has 4 heterocycles. The Labute approximate surface area is 165 Å². The molecular weight excluding hydrogens is 362 g/mol. The van der Waals surface area contributed by atoms with Crippen molar-refractivity contribution in [3.63, 3.8) is 0 Å². The molecule has 0 aromatic carbocycles. The summed E-state index contributed by atoms with van der Waals surface area (Å²) < 4.78 is 0. The average molecular weight is 388 g/mol. The van der Waals surface area contributed by atoms with Crippen molar-refractivity contribution in [3.05, 3.63) is 22.8 Å². The summed E-state index contributed by atoms with van der Waals surface area (Å²) in [7, 11) is 2.03. The van der Waals surface area contributed by atoms with Gasteiger partial charge in [0, 0.05) is 24.8 Å². The number of anilines is 1. The maximum absolute atomic E-state index is 12.5. The van der Waals surface area contributed by atoms with Crippen molar-refractivity contribution >= 4 is 23.3 Å². The van der Waals surface area contributed by atoms with Gasteiger partial charge < -0.3 is 10.2 Å². The van der Waals surface area contributed by atoms with Crippen LogP contribution in [-0.4, -0.2) is 54.1 Å². The second-order valence-electron chi connectivity index (χ2n) is 8.15. The SMILES string of the molecule is CN1CCC[C@@H]1C(=O)NCC1C[C@H]2CC[C@@H](C1)N2c1ncc(C#N)cc1Cl. The highest BCUT2D eigenvalue weighted by atomic mass is 35.5. The van der Waals surface area contributed by atoms with Crippen LogP contribution in [0, 0.1) is 17.2 Å². The predicted octanol–water partition coefficient (Wildman–Crippen LogP) is 2.56. The van der Waals surface area contributed by atoms with Crippen LogP contribution in [0.4, 0.5) is 5.82 Å². The third-order valence-electron chi connectivity index (χ3n) is 6.41. The minimum atomic E-state index is 0.0449. The van der Waals surface area contributed by atoms with Gasteiger partial charge in [-0.15, -0.1) is 0 Å². The van der Waals surface area contributed by atoms with Gasteiger partial charge in [0.1, 0.15) is 11.9 Å². The molecule has 7 heteroatoms. The van der Waals surface area contributed by atoms with Crippen molar-refractivity contribution < 1.29 is 4.79 Å². The fourth-order valence-corrected chi connectivity index (χ4v) is 5.35. The second kappa shape index (κ2) is 7.65. The maximum atomic E-state index is 12.5. The van der Waals surface area contributed by atoms with E-state index in [1.54, 1.807) is 12.3 Å². The lowest BCUT2D eigenvalue weighted by molar-refractivity contribution is -0.125. The van der Waals surface area contributed by atoms with Gasteiger partial charge in [-0.3, -0.25) is 9.69 Å². The van der Waals surface area contributed by atoms with E-state index < -0.39 is 0 Å². The highest BCUT2D eigenvalue weighted by Crippen LogP contribution is 2.42. The van der Waals surface area contributed by atoms with E-state index in [1.165, 1.54) is 0 Å². The Kier molecular flexibility index (Phi) is 5.25. The molecule has 0 saturated carbocycles. The summed E-state index contributed by atoms with van der Waals surface area (Å²) in [5.74, 6) is 1.49. The standard InChI is InChI=1S/C20H26ClN5O/c1-25-6-2-3-18(25)20(27)24-11-13-7-15-4-5-16(8-13)26(15)19-17(21)9-14(10-22)12-23-19/h9,12-13,15-16,18H,2-8,11H2,1H3,(H,24,27)/t13?,15-,16+,18-/m1/s1. The number of pyridine rings is 1. The van der Waals surface area contributed by atoms with Gasteiger partial charge in [-0.2, -0.15) is 5.26 Å². The molecule has 4 atom stereocenters. The molecule has 3 fully saturated rings. The molecule has 1 amide bonds. The maximum Gasteiger partial charge on any atom is 0.237 e. The Morgan fingerprint density at radius 2 is 2.11 bits per heavy atom. The molecule has 4 rings (SSSR count). The molecule has 0 radical (unpaired) electrons. The van der Waals surface area contributed by atoms with Gasteiger partial charge in [-0.25, -0.2) is 4.98 Å². The smallest absolute Gasteiger partial charge is 0.237 e. The Balaban J connectivity index is 1.38. The first-order valence-corrected chi connectivity index (χ1v) is 10.3. The van der Waals surface area contributed by atoms with E-state index in [-0.39, 0.29) is 11.9 Å². The van der Waals surface area contributed by atoms with Crippen molar-refractivity contribution in [1.82, 2.24) is 15.2 Å². The predicted molar refractivity (Wildman–Crippen MR) is 105 cm³/mol. The number of piperidine rings is 1. The number of likely N-dealkylation sites (N-methyl/N-ethyl adjacent to an activating group) is 1.